The van der Waals surface area contributed by atoms with Crippen LogP contribution in [0.3, 0.4) is 0 Å². The quantitative estimate of drug-likeness (QED) is 0.524. The maximum Gasteiger partial charge on any atom is 0.297 e. The second kappa shape index (κ2) is 6.73. The number of benzene rings is 1. The fourth-order valence-corrected chi connectivity index (χ4v) is 6.91. The standard InChI is InChI=1S/C22H30O7S/c1-14-5-8-16(9-6-14)30(23,24)25-13-20(3)18-10-7-15(2)17-11-12-21(4)27-19(26-20)22(17,18)29-28-21/h5-6,8-9,15,17-19H,7,10-13H2,1-4H3/t15-,17+,18?,19+,20-,21-,22-/m1/s1. The largest absolute Gasteiger partial charge is 0.340 e. The molecule has 0 radical (unpaired) electrons. The molecule has 4 heterocycles. The number of hydrogen-bond donors (Lipinski definition) is 0. The molecule has 1 aromatic rings. The molecule has 166 valence electrons. The smallest absolute Gasteiger partial charge is 0.297 e. The van der Waals surface area contributed by atoms with E-state index in [9.17, 15) is 8.42 Å². The molecule has 7 nitrogen and oxygen atoms in total. The Hall–Kier alpha value is -1.03. The average Bonchev–Trinajstić information content (AvgIpc) is 2.78. The molecular formula is C22H30O7S. The van der Waals surface area contributed by atoms with Crippen LogP contribution in [0.4, 0.5) is 0 Å². The molecule has 6 rings (SSSR count). The predicted octanol–water partition coefficient (Wildman–Crippen LogP) is 3.70. The SMILES string of the molecule is Cc1ccc(S(=O)(=O)OC[C@@]2(C)O[C@H]3O[C@@]4(C)CC[C@H]5[C@H](C)CCC2[C@@]35OO4)cc1. The maximum atomic E-state index is 12.8. The van der Waals surface area contributed by atoms with Crippen LogP contribution >= 0.6 is 0 Å². The highest BCUT2D eigenvalue weighted by atomic mass is 32.2. The summed E-state index contributed by atoms with van der Waals surface area (Å²) in [7, 11) is -3.90. The Balaban J connectivity index is 1.44. The zero-order valence-electron chi connectivity index (χ0n) is 17.9. The molecule has 8 heteroatoms. The lowest BCUT2D eigenvalue weighted by molar-refractivity contribution is -0.541. The van der Waals surface area contributed by atoms with Gasteiger partial charge in [-0.15, -0.1) is 0 Å². The molecule has 4 saturated heterocycles. The molecule has 30 heavy (non-hydrogen) atoms. The molecule has 0 aromatic heterocycles. The van der Waals surface area contributed by atoms with E-state index >= 15 is 0 Å². The van der Waals surface area contributed by atoms with Gasteiger partial charge in [0.1, 0.15) is 0 Å². The van der Waals surface area contributed by atoms with E-state index < -0.39 is 33.4 Å². The van der Waals surface area contributed by atoms with Crippen LogP contribution < -0.4 is 0 Å². The molecule has 1 aromatic carbocycles. The molecular weight excluding hydrogens is 408 g/mol. The number of hydrogen-bond acceptors (Lipinski definition) is 7. The van der Waals surface area contributed by atoms with Crippen molar-refractivity contribution in [2.75, 3.05) is 6.61 Å². The van der Waals surface area contributed by atoms with E-state index in [1.54, 1.807) is 24.3 Å². The van der Waals surface area contributed by atoms with Crippen molar-refractivity contribution < 1.29 is 31.8 Å². The molecule has 5 fully saturated rings. The molecule has 0 amide bonds. The monoisotopic (exact) mass is 438 g/mol. The first-order chi connectivity index (χ1) is 14.1. The Bertz CT molecular complexity index is 931. The number of fused-ring (bicyclic) bond motifs is 2. The Kier molecular flexibility index (Phi) is 4.68. The van der Waals surface area contributed by atoms with Crippen molar-refractivity contribution in [1.29, 1.82) is 0 Å². The van der Waals surface area contributed by atoms with Gasteiger partial charge in [0.25, 0.3) is 10.1 Å². The van der Waals surface area contributed by atoms with Gasteiger partial charge in [-0.2, -0.15) is 8.42 Å². The Morgan fingerprint density at radius 3 is 2.53 bits per heavy atom. The van der Waals surface area contributed by atoms with E-state index in [0.29, 0.717) is 5.92 Å². The predicted molar refractivity (Wildman–Crippen MR) is 107 cm³/mol. The summed E-state index contributed by atoms with van der Waals surface area (Å²) in [6.45, 7) is 7.82. The minimum absolute atomic E-state index is 0.0907. The van der Waals surface area contributed by atoms with Gasteiger partial charge in [0.15, 0.2) is 11.9 Å². The van der Waals surface area contributed by atoms with Gasteiger partial charge in [0.05, 0.1) is 17.1 Å². The summed E-state index contributed by atoms with van der Waals surface area (Å²) in [6, 6.07) is 6.64. The van der Waals surface area contributed by atoms with Crippen LogP contribution in [0.1, 0.15) is 52.0 Å². The summed E-state index contributed by atoms with van der Waals surface area (Å²) in [5.74, 6) is -0.273. The van der Waals surface area contributed by atoms with Gasteiger partial charge >= 0.3 is 0 Å². The van der Waals surface area contributed by atoms with Crippen LogP contribution in [0, 0.1) is 24.7 Å². The third-order valence-corrected chi connectivity index (χ3v) is 8.92. The molecule has 1 spiro atoms. The van der Waals surface area contributed by atoms with Gasteiger partial charge in [-0.05, 0) is 64.0 Å². The molecule has 5 aliphatic rings. The van der Waals surface area contributed by atoms with Crippen molar-refractivity contribution in [3.05, 3.63) is 29.8 Å². The van der Waals surface area contributed by atoms with Gasteiger partial charge in [-0.3, -0.25) is 4.18 Å². The van der Waals surface area contributed by atoms with Crippen LogP contribution in [0.2, 0.25) is 0 Å². The molecule has 2 bridgehead atoms. The zero-order valence-corrected chi connectivity index (χ0v) is 18.7. The van der Waals surface area contributed by atoms with E-state index in [0.717, 1.165) is 31.2 Å². The zero-order chi connectivity index (χ0) is 21.4. The van der Waals surface area contributed by atoms with E-state index in [1.165, 1.54) is 0 Å². The Labute approximate surface area is 178 Å². The summed E-state index contributed by atoms with van der Waals surface area (Å²) in [5.41, 5.74) is -0.619. The van der Waals surface area contributed by atoms with E-state index in [2.05, 4.69) is 6.92 Å². The lowest BCUT2D eigenvalue weighted by atomic mass is 9.60. The normalized spacial score (nSPS) is 45.2. The minimum atomic E-state index is -3.90. The van der Waals surface area contributed by atoms with Crippen LogP contribution in [0.5, 0.6) is 0 Å². The van der Waals surface area contributed by atoms with Gasteiger partial charge in [0, 0.05) is 12.3 Å². The fraction of sp³-hybridized carbons (Fsp3) is 0.727. The van der Waals surface area contributed by atoms with E-state index in [1.807, 2.05) is 20.8 Å². The highest BCUT2D eigenvalue weighted by molar-refractivity contribution is 7.86. The lowest BCUT2D eigenvalue weighted by Crippen LogP contribution is -2.62. The third kappa shape index (κ3) is 2.99. The highest BCUT2D eigenvalue weighted by Crippen LogP contribution is 2.63. The first-order valence-electron chi connectivity index (χ1n) is 10.8. The summed E-state index contributed by atoms with van der Waals surface area (Å²) in [5, 5.41) is 0. The van der Waals surface area contributed by atoms with E-state index in [-0.39, 0.29) is 23.3 Å². The molecule has 1 saturated carbocycles. The molecule has 1 unspecified atom stereocenters. The van der Waals surface area contributed by atoms with Crippen molar-refractivity contribution in [2.45, 2.75) is 81.6 Å². The summed E-state index contributed by atoms with van der Waals surface area (Å²) >= 11 is 0. The van der Waals surface area contributed by atoms with Crippen LogP contribution in [-0.2, 0) is 33.6 Å². The van der Waals surface area contributed by atoms with Crippen LogP contribution in [0.15, 0.2) is 29.2 Å². The van der Waals surface area contributed by atoms with Crippen LogP contribution in [-0.4, -0.2) is 38.3 Å². The number of ether oxygens (including phenoxy) is 2. The van der Waals surface area contributed by atoms with Crippen molar-refractivity contribution in [1.82, 2.24) is 0 Å². The molecule has 4 aliphatic heterocycles. The van der Waals surface area contributed by atoms with Gasteiger partial charge in [-0.1, -0.05) is 24.6 Å². The summed E-state index contributed by atoms with van der Waals surface area (Å²) < 4.78 is 43.8. The van der Waals surface area contributed by atoms with E-state index in [4.69, 9.17) is 23.4 Å². The van der Waals surface area contributed by atoms with Crippen molar-refractivity contribution in [3.63, 3.8) is 0 Å². The first-order valence-corrected chi connectivity index (χ1v) is 12.2. The number of rotatable bonds is 4. The van der Waals surface area contributed by atoms with Crippen molar-refractivity contribution in [3.8, 4) is 0 Å². The fourth-order valence-electron chi connectivity index (χ4n) is 5.91. The van der Waals surface area contributed by atoms with Gasteiger partial charge < -0.3 is 9.47 Å². The van der Waals surface area contributed by atoms with Crippen LogP contribution in [0.25, 0.3) is 0 Å². The van der Waals surface area contributed by atoms with Crippen molar-refractivity contribution >= 4 is 10.1 Å². The second-order valence-corrected chi connectivity index (χ2v) is 11.4. The topological polar surface area (TPSA) is 80.3 Å². The highest BCUT2D eigenvalue weighted by Gasteiger charge is 2.74. The summed E-state index contributed by atoms with van der Waals surface area (Å²) in [4.78, 5) is 12.0. The second-order valence-electron chi connectivity index (χ2n) is 9.82. The average molecular weight is 439 g/mol. The third-order valence-electron chi connectivity index (χ3n) is 7.64. The minimum Gasteiger partial charge on any atom is -0.340 e. The van der Waals surface area contributed by atoms with Gasteiger partial charge in [-0.25, -0.2) is 9.78 Å². The van der Waals surface area contributed by atoms with Gasteiger partial charge in [0.2, 0.25) is 5.79 Å². The molecule has 1 aliphatic carbocycles. The maximum absolute atomic E-state index is 12.8. The lowest BCUT2D eigenvalue weighted by Gasteiger charge is -2.50. The summed E-state index contributed by atoms with van der Waals surface area (Å²) in [6.07, 6.45) is 2.92. The van der Waals surface area contributed by atoms with Crippen molar-refractivity contribution in [2.24, 2.45) is 17.8 Å². The Morgan fingerprint density at radius 1 is 1.07 bits per heavy atom. The molecule has 0 N–H and O–H groups in total. The molecule has 7 atom stereocenters. The Morgan fingerprint density at radius 2 is 1.80 bits per heavy atom. The number of aryl methyl sites for hydroxylation is 1. The first kappa shape index (κ1) is 20.8.